The van der Waals surface area contributed by atoms with Crippen LogP contribution in [0, 0.1) is 0 Å². The van der Waals surface area contributed by atoms with Crippen LogP contribution >= 0.6 is 0 Å². The van der Waals surface area contributed by atoms with E-state index in [4.69, 9.17) is 9.84 Å². The molecule has 0 heterocycles. The van der Waals surface area contributed by atoms with E-state index < -0.39 is 0 Å². The Balaban J connectivity index is 1.95. The fraction of sp³-hybridized carbons (Fsp3) is 1.00. The van der Waals surface area contributed by atoms with E-state index in [2.05, 4.69) is 12.2 Å². The van der Waals surface area contributed by atoms with Crippen molar-refractivity contribution in [2.24, 2.45) is 0 Å². The number of unbranched alkanes of at least 4 members (excludes halogenated alkanes) is 2. The molecule has 1 saturated carbocycles. The van der Waals surface area contributed by atoms with Gasteiger partial charge in [-0.25, -0.2) is 0 Å². The summed E-state index contributed by atoms with van der Waals surface area (Å²) in [4.78, 5) is 0. The van der Waals surface area contributed by atoms with Crippen molar-refractivity contribution in [2.75, 3.05) is 19.8 Å². The molecule has 2 N–H and O–H groups in total. The molecule has 3 nitrogen and oxygen atoms in total. The molecule has 1 aliphatic carbocycles. The summed E-state index contributed by atoms with van der Waals surface area (Å²) >= 11 is 0. The SMILES string of the molecule is CCNC1CCC(OCCCCCO)CC1. The molecule has 96 valence electrons. The molecule has 0 radical (unpaired) electrons. The van der Waals surface area contributed by atoms with Crippen LogP contribution in [-0.4, -0.2) is 37.0 Å². The first-order valence-corrected chi connectivity index (χ1v) is 6.82. The van der Waals surface area contributed by atoms with Crippen molar-refractivity contribution in [3.8, 4) is 0 Å². The van der Waals surface area contributed by atoms with E-state index in [1.807, 2.05) is 0 Å². The zero-order chi connectivity index (χ0) is 11.6. The number of rotatable bonds is 8. The van der Waals surface area contributed by atoms with Gasteiger partial charge in [-0.05, 0) is 51.5 Å². The minimum atomic E-state index is 0.313. The van der Waals surface area contributed by atoms with Gasteiger partial charge in [-0.2, -0.15) is 0 Å². The Bertz CT molecular complexity index is 156. The van der Waals surface area contributed by atoms with Crippen LogP contribution in [0.3, 0.4) is 0 Å². The Hall–Kier alpha value is -0.120. The molecule has 1 rings (SSSR count). The van der Waals surface area contributed by atoms with Crippen molar-refractivity contribution >= 4 is 0 Å². The maximum atomic E-state index is 8.65. The van der Waals surface area contributed by atoms with Crippen molar-refractivity contribution < 1.29 is 9.84 Å². The van der Waals surface area contributed by atoms with Gasteiger partial charge in [-0.1, -0.05) is 6.92 Å². The van der Waals surface area contributed by atoms with E-state index in [0.717, 1.165) is 38.5 Å². The minimum Gasteiger partial charge on any atom is -0.396 e. The fourth-order valence-corrected chi connectivity index (χ4v) is 2.36. The number of aliphatic hydroxyl groups excluding tert-OH is 1. The topological polar surface area (TPSA) is 41.5 Å². The van der Waals surface area contributed by atoms with Gasteiger partial charge in [0.25, 0.3) is 0 Å². The molecule has 0 spiro atoms. The molecule has 0 bridgehead atoms. The number of hydrogen-bond acceptors (Lipinski definition) is 3. The van der Waals surface area contributed by atoms with Gasteiger partial charge in [0.15, 0.2) is 0 Å². The molecule has 0 aliphatic heterocycles. The third-order valence-corrected chi connectivity index (χ3v) is 3.32. The summed E-state index contributed by atoms with van der Waals surface area (Å²) in [5.41, 5.74) is 0. The van der Waals surface area contributed by atoms with Gasteiger partial charge in [0, 0.05) is 19.3 Å². The third kappa shape index (κ3) is 5.83. The lowest BCUT2D eigenvalue weighted by Crippen LogP contribution is -2.35. The van der Waals surface area contributed by atoms with Crippen molar-refractivity contribution in [3.05, 3.63) is 0 Å². The molecular weight excluding hydrogens is 202 g/mol. The summed E-state index contributed by atoms with van der Waals surface area (Å²) in [7, 11) is 0. The Labute approximate surface area is 99.6 Å². The van der Waals surface area contributed by atoms with Crippen LogP contribution in [0.4, 0.5) is 0 Å². The van der Waals surface area contributed by atoms with Crippen molar-refractivity contribution in [3.63, 3.8) is 0 Å². The molecule has 1 aliphatic rings. The van der Waals surface area contributed by atoms with Gasteiger partial charge in [-0.3, -0.25) is 0 Å². The van der Waals surface area contributed by atoms with Crippen molar-refractivity contribution in [1.82, 2.24) is 5.32 Å². The monoisotopic (exact) mass is 229 g/mol. The van der Waals surface area contributed by atoms with Crippen LogP contribution < -0.4 is 5.32 Å². The first kappa shape index (κ1) is 13.9. The first-order chi connectivity index (χ1) is 7.86. The molecule has 0 saturated heterocycles. The number of nitrogens with one attached hydrogen (secondary N) is 1. The Kier molecular flexibility index (Phi) is 7.81. The van der Waals surface area contributed by atoms with Gasteiger partial charge in [0.2, 0.25) is 0 Å². The van der Waals surface area contributed by atoms with E-state index in [1.54, 1.807) is 0 Å². The highest BCUT2D eigenvalue weighted by Gasteiger charge is 2.20. The first-order valence-electron chi connectivity index (χ1n) is 6.82. The number of ether oxygens (including phenoxy) is 1. The van der Waals surface area contributed by atoms with Crippen LogP contribution in [0.15, 0.2) is 0 Å². The largest absolute Gasteiger partial charge is 0.396 e. The second-order valence-electron chi connectivity index (χ2n) is 4.69. The summed E-state index contributed by atoms with van der Waals surface area (Å²) in [5, 5.41) is 12.2. The van der Waals surface area contributed by atoms with Gasteiger partial charge >= 0.3 is 0 Å². The lowest BCUT2D eigenvalue weighted by Gasteiger charge is -2.29. The highest BCUT2D eigenvalue weighted by molar-refractivity contribution is 4.76. The Morgan fingerprint density at radius 3 is 2.50 bits per heavy atom. The van der Waals surface area contributed by atoms with Crippen LogP contribution in [0.25, 0.3) is 0 Å². The lowest BCUT2D eigenvalue weighted by atomic mass is 9.93. The number of aliphatic hydroxyl groups is 1. The summed E-state index contributed by atoms with van der Waals surface area (Å²) in [6.07, 6.45) is 8.51. The molecule has 0 amide bonds. The van der Waals surface area contributed by atoms with E-state index in [0.29, 0.717) is 12.7 Å². The molecule has 0 aromatic heterocycles. The smallest absolute Gasteiger partial charge is 0.0576 e. The number of hydrogen-bond donors (Lipinski definition) is 2. The predicted molar refractivity (Wildman–Crippen MR) is 66.6 cm³/mol. The fourth-order valence-electron chi connectivity index (χ4n) is 2.36. The molecule has 16 heavy (non-hydrogen) atoms. The van der Waals surface area contributed by atoms with Crippen molar-refractivity contribution in [1.29, 1.82) is 0 Å². The second-order valence-corrected chi connectivity index (χ2v) is 4.69. The summed E-state index contributed by atoms with van der Waals surface area (Å²) in [6.45, 7) is 4.44. The van der Waals surface area contributed by atoms with E-state index >= 15 is 0 Å². The molecular formula is C13H27NO2. The maximum absolute atomic E-state index is 8.65. The van der Waals surface area contributed by atoms with E-state index in [1.165, 1.54) is 25.7 Å². The minimum absolute atomic E-state index is 0.313. The zero-order valence-electron chi connectivity index (χ0n) is 10.6. The Morgan fingerprint density at radius 2 is 1.88 bits per heavy atom. The molecule has 0 unspecified atom stereocenters. The van der Waals surface area contributed by atoms with Gasteiger partial charge in [0.1, 0.15) is 0 Å². The highest BCUT2D eigenvalue weighted by Crippen LogP contribution is 2.21. The van der Waals surface area contributed by atoms with Gasteiger partial charge < -0.3 is 15.2 Å². The van der Waals surface area contributed by atoms with Crippen LogP contribution in [-0.2, 0) is 4.74 Å². The third-order valence-electron chi connectivity index (χ3n) is 3.32. The summed E-state index contributed by atoms with van der Waals surface area (Å²) in [5.74, 6) is 0. The average Bonchev–Trinajstić information content (AvgIpc) is 2.31. The maximum Gasteiger partial charge on any atom is 0.0576 e. The van der Waals surface area contributed by atoms with Gasteiger partial charge in [0.05, 0.1) is 6.10 Å². The van der Waals surface area contributed by atoms with E-state index in [9.17, 15) is 0 Å². The standard InChI is InChI=1S/C13H27NO2/c1-2-14-12-6-8-13(9-7-12)16-11-5-3-4-10-15/h12-15H,2-11H2,1H3. The quantitative estimate of drug-likeness (QED) is 0.626. The second kappa shape index (κ2) is 8.97. The predicted octanol–water partition coefficient (Wildman–Crippen LogP) is 2.09. The average molecular weight is 229 g/mol. The van der Waals surface area contributed by atoms with Crippen LogP contribution in [0.1, 0.15) is 51.9 Å². The zero-order valence-corrected chi connectivity index (χ0v) is 10.6. The lowest BCUT2D eigenvalue weighted by molar-refractivity contribution is 0.0203. The molecule has 0 aromatic rings. The highest BCUT2D eigenvalue weighted by atomic mass is 16.5. The molecule has 0 atom stereocenters. The Morgan fingerprint density at radius 1 is 1.12 bits per heavy atom. The van der Waals surface area contributed by atoms with Crippen molar-refractivity contribution in [2.45, 2.75) is 64.0 Å². The van der Waals surface area contributed by atoms with E-state index in [-0.39, 0.29) is 0 Å². The van der Waals surface area contributed by atoms with Crippen LogP contribution in [0.5, 0.6) is 0 Å². The van der Waals surface area contributed by atoms with Gasteiger partial charge in [-0.15, -0.1) is 0 Å². The molecule has 1 fully saturated rings. The summed E-state index contributed by atoms with van der Waals surface area (Å²) < 4.78 is 5.85. The molecule has 0 aromatic carbocycles. The molecule has 3 heteroatoms. The summed E-state index contributed by atoms with van der Waals surface area (Å²) in [6, 6.07) is 0.722. The normalized spacial score (nSPS) is 25.9. The van der Waals surface area contributed by atoms with Crippen LogP contribution in [0.2, 0.25) is 0 Å².